The molecule has 2 atom stereocenters. The van der Waals surface area contributed by atoms with Gasteiger partial charge in [0.15, 0.2) is 0 Å². The van der Waals surface area contributed by atoms with Crippen molar-refractivity contribution in [3.8, 4) is 0 Å². The maximum atomic E-state index is 11.6. The summed E-state index contributed by atoms with van der Waals surface area (Å²) < 4.78 is 10.7. The van der Waals surface area contributed by atoms with Gasteiger partial charge in [0, 0.05) is 13.3 Å². The van der Waals surface area contributed by atoms with Gasteiger partial charge in [-0.05, 0) is 19.3 Å². The number of esters is 2. The lowest BCUT2D eigenvalue weighted by atomic mass is 10.0. The van der Waals surface area contributed by atoms with Crippen LogP contribution < -0.4 is 0 Å². The third kappa shape index (κ3) is 7.30. The van der Waals surface area contributed by atoms with E-state index in [2.05, 4.69) is 0 Å². The molecule has 0 rings (SSSR count). The van der Waals surface area contributed by atoms with Gasteiger partial charge in [0.05, 0.1) is 0 Å². The quantitative estimate of drug-likeness (QED) is 0.596. The first-order valence-electron chi connectivity index (χ1n) is 6.91. The Morgan fingerprint density at radius 1 is 0.889 bits per heavy atom. The van der Waals surface area contributed by atoms with Crippen molar-refractivity contribution in [1.29, 1.82) is 0 Å². The van der Waals surface area contributed by atoms with E-state index in [1.54, 1.807) is 0 Å². The summed E-state index contributed by atoms with van der Waals surface area (Å²) in [6, 6.07) is 0. The zero-order valence-corrected chi connectivity index (χ0v) is 12.0. The summed E-state index contributed by atoms with van der Waals surface area (Å²) in [4.78, 5) is 22.6. The Hall–Kier alpha value is -1.06. The molecule has 0 saturated carbocycles. The first-order chi connectivity index (χ1) is 8.54. The summed E-state index contributed by atoms with van der Waals surface area (Å²) in [5.41, 5.74) is 0. The van der Waals surface area contributed by atoms with Crippen LogP contribution in [0.4, 0.5) is 0 Å². The van der Waals surface area contributed by atoms with Crippen molar-refractivity contribution >= 4 is 11.9 Å². The predicted octanol–water partition coefficient (Wildman–Crippen LogP) is 3.23. The van der Waals surface area contributed by atoms with Gasteiger partial charge in [-0.2, -0.15) is 0 Å². The van der Waals surface area contributed by atoms with Crippen LogP contribution in [0.25, 0.3) is 0 Å². The summed E-state index contributed by atoms with van der Waals surface area (Å²) >= 11 is 0. The minimum atomic E-state index is -0.318. The molecule has 0 amide bonds. The van der Waals surface area contributed by atoms with Crippen LogP contribution in [0, 0.1) is 0 Å². The molecule has 2 unspecified atom stereocenters. The SMILES string of the molecule is CCCC(=O)OC(CCC)C(CCC)OC(C)=O. The van der Waals surface area contributed by atoms with Crippen LogP contribution in [0.1, 0.15) is 66.2 Å². The monoisotopic (exact) mass is 258 g/mol. The molecule has 0 aromatic rings. The van der Waals surface area contributed by atoms with Crippen molar-refractivity contribution in [2.75, 3.05) is 0 Å². The Kier molecular flexibility index (Phi) is 9.33. The molecule has 0 radical (unpaired) electrons. The summed E-state index contributed by atoms with van der Waals surface area (Å²) in [6.45, 7) is 7.37. The number of carbonyl (C=O) groups is 2. The van der Waals surface area contributed by atoms with E-state index < -0.39 is 0 Å². The highest BCUT2D eigenvalue weighted by Gasteiger charge is 2.26. The fraction of sp³-hybridized carbons (Fsp3) is 0.857. The van der Waals surface area contributed by atoms with Crippen LogP contribution in [0.5, 0.6) is 0 Å². The maximum Gasteiger partial charge on any atom is 0.306 e. The van der Waals surface area contributed by atoms with E-state index in [4.69, 9.17) is 9.47 Å². The smallest absolute Gasteiger partial charge is 0.306 e. The molecule has 0 aliphatic carbocycles. The fourth-order valence-corrected chi connectivity index (χ4v) is 1.86. The number of ether oxygens (including phenoxy) is 2. The number of hydrogen-bond donors (Lipinski definition) is 0. The van der Waals surface area contributed by atoms with Gasteiger partial charge in [0.2, 0.25) is 0 Å². The Labute approximate surface area is 110 Å². The maximum absolute atomic E-state index is 11.6. The van der Waals surface area contributed by atoms with Crippen LogP contribution in [-0.4, -0.2) is 24.1 Å². The van der Waals surface area contributed by atoms with E-state index in [0.717, 1.165) is 32.1 Å². The fourth-order valence-electron chi connectivity index (χ4n) is 1.86. The van der Waals surface area contributed by atoms with Crippen molar-refractivity contribution in [1.82, 2.24) is 0 Å². The Morgan fingerprint density at radius 2 is 1.39 bits per heavy atom. The van der Waals surface area contributed by atoms with Gasteiger partial charge >= 0.3 is 11.9 Å². The Bertz CT molecular complexity index is 250. The highest BCUT2D eigenvalue weighted by Crippen LogP contribution is 2.17. The highest BCUT2D eigenvalue weighted by molar-refractivity contribution is 5.69. The van der Waals surface area contributed by atoms with Crippen LogP contribution in [0.2, 0.25) is 0 Å². The zero-order valence-electron chi connectivity index (χ0n) is 12.0. The first-order valence-corrected chi connectivity index (χ1v) is 6.91. The van der Waals surface area contributed by atoms with E-state index in [-0.39, 0.29) is 24.1 Å². The van der Waals surface area contributed by atoms with Crippen LogP contribution in [0.15, 0.2) is 0 Å². The molecule has 0 bridgehead atoms. The molecule has 0 spiro atoms. The Balaban J connectivity index is 4.56. The van der Waals surface area contributed by atoms with Gasteiger partial charge in [-0.3, -0.25) is 9.59 Å². The van der Waals surface area contributed by atoms with Crippen molar-refractivity contribution in [3.05, 3.63) is 0 Å². The molecule has 0 aliphatic heterocycles. The van der Waals surface area contributed by atoms with Crippen LogP contribution in [0.3, 0.4) is 0 Å². The lowest BCUT2D eigenvalue weighted by Gasteiger charge is -2.26. The second kappa shape index (κ2) is 9.92. The molecule has 0 aromatic heterocycles. The highest BCUT2D eigenvalue weighted by atomic mass is 16.6. The molecule has 0 fully saturated rings. The summed E-state index contributed by atoms with van der Waals surface area (Å²) in [5.74, 6) is -0.523. The number of rotatable bonds is 9. The van der Waals surface area contributed by atoms with Gasteiger partial charge < -0.3 is 9.47 Å². The van der Waals surface area contributed by atoms with Gasteiger partial charge in [-0.1, -0.05) is 33.6 Å². The first kappa shape index (κ1) is 16.9. The number of hydrogen-bond acceptors (Lipinski definition) is 4. The third-order valence-electron chi connectivity index (χ3n) is 2.62. The predicted molar refractivity (Wildman–Crippen MR) is 70.2 cm³/mol. The van der Waals surface area contributed by atoms with Gasteiger partial charge in [0.1, 0.15) is 12.2 Å². The average molecular weight is 258 g/mol. The molecule has 0 N–H and O–H groups in total. The number of carbonyl (C=O) groups excluding carboxylic acids is 2. The standard InChI is InChI=1S/C14H26O4/c1-5-8-12(17-11(4)15)13(9-6-2)18-14(16)10-7-3/h12-13H,5-10H2,1-4H3. The van der Waals surface area contributed by atoms with E-state index in [0.29, 0.717) is 6.42 Å². The molecule has 106 valence electrons. The summed E-state index contributed by atoms with van der Waals surface area (Å²) in [5, 5.41) is 0. The molecular weight excluding hydrogens is 232 g/mol. The van der Waals surface area contributed by atoms with Crippen molar-refractivity contribution < 1.29 is 19.1 Å². The molecule has 0 aromatic carbocycles. The second-order valence-electron chi connectivity index (χ2n) is 4.50. The van der Waals surface area contributed by atoms with E-state index >= 15 is 0 Å². The van der Waals surface area contributed by atoms with E-state index in [9.17, 15) is 9.59 Å². The average Bonchev–Trinajstić information content (AvgIpc) is 2.27. The van der Waals surface area contributed by atoms with Crippen molar-refractivity contribution in [2.45, 2.75) is 78.4 Å². The minimum Gasteiger partial charge on any atom is -0.459 e. The largest absolute Gasteiger partial charge is 0.459 e. The molecule has 4 nitrogen and oxygen atoms in total. The molecule has 4 heteroatoms. The minimum absolute atomic E-state index is 0.204. The van der Waals surface area contributed by atoms with Crippen LogP contribution in [-0.2, 0) is 19.1 Å². The second-order valence-corrected chi connectivity index (χ2v) is 4.50. The topological polar surface area (TPSA) is 52.6 Å². The van der Waals surface area contributed by atoms with Gasteiger partial charge in [0.25, 0.3) is 0 Å². The zero-order chi connectivity index (χ0) is 14.0. The third-order valence-corrected chi connectivity index (χ3v) is 2.62. The van der Waals surface area contributed by atoms with E-state index in [1.807, 2.05) is 20.8 Å². The molecule has 0 aliphatic rings. The molecular formula is C14H26O4. The van der Waals surface area contributed by atoms with Crippen molar-refractivity contribution in [3.63, 3.8) is 0 Å². The lowest BCUT2D eigenvalue weighted by molar-refractivity contribution is -0.168. The summed E-state index contributed by atoms with van der Waals surface area (Å²) in [7, 11) is 0. The normalized spacial score (nSPS) is 13.8. The van der Waals surface area contributed by atoms with Crippen molar-refractivity contribution in [2.24, 2.45) is 0 Å². The summed E-state index contributed by atoms with van der Waals surface area (Å²) in [6.07, 6.45) is 3.81. The van der Waals surface area contributed by atoms with Crippen LogP contribution >= 0.6 is 0 Å². The molecule has 0 saturated heterocycles. The Morgan fingerprint density at radius 3 is 1.78 bits per heavy atom. The van der Waals surface area contributed by atoms with Gasteiger partial charge in [-0.15, -0.1) is 0 Å². The van der Waals surface area contributed by atoms with Gasteiger partial charge in [-0.25, -0.2) is 0 Å². The molecule has 0 heterocycles. The molecule has 18 heavy (non-hydrogen) atoms. The lowest BCUT2D eigenvalue weighted by Crippen LogP contribution is -2.34. The van der Waals surface area contributed by atoms with E-state index in [1.165, 1.54) is 6.92 Å².